The topological polar surface area (TPSA) is 59.2 Å². The number of nitrogens with one attached hydrogen (secondary N) is 1. The van der Waals surface area contributed by atoms with Crippen LogP contribution in [-0.2, 0) is 11.3 Å². The molecule has 0 aliphatic carbocycles. The minimum Gasteiger partial charge on any atom is -0.456 e. The van der Waals surface area contributed by atoms with Crippen LogP contribution in [0, 0.1) is 6.92 Å². The average Bonchev–Trinajstić information content (AvgIpc) is 2.90. The fraction of sp³-hybridized carbons (Fsp3) is 0.294. The molecule has 112 valence electrons. The first-order valence-corrected chi connectivity index (χ1v) is 6.99. The fourth-order valence-electron chi connectivity index (χ4n) is 1.83. The molecule has 0 atom stereocenters. The first kappa shape index (κ1) is 16.7. The highest BCUT2D eigenvalue weighted by Crippen LogP contribution is 2.12. The molecule has 2 rings (SSSR count). The van der Waals surface area contributed by atoms with Crippen LogP contribution in [0.2, 0.25) is 0 Å². The number of H-pyrrole nitrogens is 1. The number of hydrogen-bond donors (Lipinski definition) is 1. The van der Waals surface area contributed by atoms with E-state index in [4.69, 9.17) is 4.74 Å². The van der Waals surface area contributed by atoms with Crippen LogP contribution in [0.3, 0.4) is 0 Å². The SMILES string of the molecule is CC.CC(=O)c1cc(C(=O)OCc2ccccc2)[nH]c1C. The summed E-state index contributed by atoms with van der Waals surface area (Å²) in [4.78, 5) is 26.0. The lowest BCUT2D eigenvalue weighted by Crippen LogP contribution is -2.05. The Labute approximate surface area is 125 Å². The molecule has 4 heteroatoms. The summed E-state index contributed by atoms with van der Waals surface area (Å²) in [6.45, 7) is 7.44. The number of esters is 1. The van der Waals surface area contributed by atoms with Gasteiger partial charge in [0.25, 0.3) is 0 Å². The maximum atomic E-state index is 11.8. The van der Waals surface area contributed by atoms with E-state index in [-0.39, 0.29) is 12.4 Å². The molecule has 0 aliphatic heterocycles. The van der Waals surface area contributed by atoms with E-state index in [1.165, 1.54) is 13.0 Å². The highest BCUT2D eigenvalue weighted by molar-refractivity contribution is 5.98. The number of ether oxygens (including phenoxy) is 1. The molecule has 0 radical (unpaired) electrons. The van der Waals surface area contributed by atoms with Gasteiger partial charge in [-0.25, -0.2) is 4.79 Å². The normalized spacial score (nSPS) is 9.52. The molecule has 0 bridgehead atoms. The molecule has 0 aliphatic rings. The molecule has 1 N–H and O–H groups in total. The number of aryl methyl sites for hydroxylation is 1. The Kier molecular flexibility index (Phi) is 6.40. The number of Topliss-reactive ketones (excluding diaryl/α,β-unsaturated/α-hetero) is 1. The van der Waals surface area contributed by atoms with Crippen molar-refractivity contribution in [2.75, 3.05) is 0 Å². The Hall–Kier alpha value is -2.36. The summed E-state index contributed by atoms with van der Waals surface area (Å²) in [7, 11) is 0. The van der Waals surface area contributed by atoms with Crippen LogP contribution in [0.1, 0.15) is 52.9 Å². The lowest BCUT2D eigenvalue weighted by Gasteiger charge is -2.03. The van der Waals surface area contributed by atoms with E-state index in [1.807, 2.05) is 44.2 Å². The molecule has 4 nitrogen and oxygen atoms in total. The zero-order valence-electron chi connectivity index (χ0n) is 12.9. The van der Waals surface area contributed by atoms with E-state index in [0.29, 0.717) is 17.0 Å². The summed E-state index contributed by atoms with van der Waals surface area (Å²) in [6.07, 6.45) is 0. The van der Waals surface area contributed by atoms with Crippen LogP contribution in [0.25, 0.3) is 0 Å². The van der Waals surface area contributed by atoms with Crippen molar-refractivity contribution >= 4 is 11.8 Å². The minimum atomic E-state index is -0.459. The molecule has 0 saturated carbocycles. The van der Waals surface area contributed by atoms with Gasteiger partial charge in [0, 0.05) is 11.3 Å². The Morgan fingerprint density at radius 2 is 1.76 bits per heavy atom. The molecule has 0 spiro atoms. The van der Waals surface area contributed by atoms with Crippen molar-refractivity contribution in [3.63, 3.8) is 0 Å². The van der Waals surface area contributed by atoms with Crippen molar-refractivity contribution in [1.29, 1.82) is 0 Å². The second-order valence-electron chi connectivity index (χ2n) is 4.34. The van der Waals surface area contributed by atoms with Gasteiger partial charge in [-0.15, -0.1) is 0 Å². The molecule has 0 unspecified atom stereocenters. The number of aromatic nitrogens is 1. The monoisotopic (exact) mass is 287 g/mol. The predicted octanol–water partition coefficient (Wildman–Crippen LogP) is 3.91. The van der Waals surface area contributed by atoms with E-state index in [2.05, 4.69) is 4.98 Å². The third-order valence-corrected chi connectivity index (χ3v) is 2.83. The van der Waals surface area contributed by atoms with Crippen LogP contribution in [0.4, 0.5) is 0 Å². The largest absolute Gasteiger partial charge is 0.456 e. The van der Waals surface area contributed by atoms with Gasteiger partial charge in [0.05, 0.1) is 0 Å². The molecule has 2 aromatic rings. The van der Waals surface area contributed by atoms with E-state index >= 15 is 0 Å². The summed E-state index contributed by atoms with van der Waals surface area (Å²) in [5.41, 5.74) is 2.43. The third kappa shape index (κ3) is 4.60. The van der Waals surface area contributed by atoms with Gasteiger partial charge in [-0.3, -0.25) is 4.79 Å². The van der Waals surface area contributed by atoms with Crippen molar-refractivity contribution in [1.82, 2.24) is 4.98 Å². The minimum absolute atomic E-state index is 0.0733. The number of carbonyl (C=O) groups is 2. The molecule has 1 aromatic carbocycles. The van der Waals surface area contributed by atoms with Gasteiger partial charge in [0.2, 0.25) is 0 Å². The number of carbonyl (C=O) groups excluding carboxylic acids is 2. The Balaban J connectivity index is 0.00000106. The Bertz CT molecular complexity index is 600. The van der Waals surface area contributed by atoms with Gasteiger partial charge in [-0.2, -0.15) is 0 Å². The summed E-state index contributed by atoms with van der Waals surface area (Å²) < 4.78 is 5.18. The average molecular weight is 287 g/mol. The molecule has 0 fully saturated rings. The van der Waals surface area contributed by atoms with E-state index < -0.39 is 5.97 Å². The summed E-state index contributed by atoms with van der Waals surface area (Å²) in [6, 6.07) is 11.0. The summed E-state index contributed by atoms with van der Waals surface area (Å²) in [5, 5.41) is 0. The molecule has 21 heavy (non-hydrogen) atoms. The second kappa shape index (κ2) is 8.04. The van der Waals surface area contributed by atoms with Crippen LogP contribution in [0.5, 0.6) is 0 Å². The second-order valence-corrected chi connectivity index (χ2v) is 4.34. The van der Waals surface area contributed by atoms with E-state index in [9.17, 15) is 9.59 Å². The number of ketones is 1. The predicted molar refractivity (Wildman–Crippen MR) is 82.4 cm³/mol. The first-order valence-electron chi connectivity index (χ1n) is 6.99. The number of hydrogen-bond acceptors (Lipinski definition) is 3. The summed E-state index contributed by atoms with van der Waals surface area (Å²) in [5.74, 6) is -0.532. The van der Waals surface area contributed by atoms with Crippen LogP contribution in [0.15, 0.2) is 36.4 Å². The van der Waals surface area contributed by atoms with Gasteiger partial charge in [-0.1, -0.05) is 44.2 Å². The number of rotatable bonds is 4. The van der Waals surface area contributed by atoms with Gasteiger partial charge in [0.1, 0.15) is 12.3 Å². The van der Waals surface area contributed by atoms with E-state index in [0.717, 1.165) is 5.56 Å². The lowest BCUT2D eigenvalue weighted by molar-refractivity contribution is 0.0466. The number of aromatic amines is 1. The zero-order chi connectivity index (χ0) is 15.8. The van der Waals surface area contributed by atoms with Crippen LogP contribution in [-0.4, -0.2) is 16.7 Å². The van der Waals surface area contributed by atoms with Crippen molar-refractivity contribution in [3.8, 4) is 0 Å². The lowest BCUT2D eigenvalue weighted by atomic mass is 10.2. The molecule has 0 amide bonds. The van der Waals surface area contributed by atoms with Crippen LogP contribution >= 0.6 is 0 Å². The van der Waals surface area contributed by atoms with Crippen molar-refractivity contribution in [2.24, 2.45) is 0 Å². The van der Waals surface area contributed by atoms with Crippen LogP contribution < -0.4 is 0 Å². The maximum absolute atomic E-state index is 11.8. The molecular weight excluding hydrogens is 266 g/mol. The van der Waals surface area contributed by atoms with Crippen molar-refractivity contribution in [2.45, 2.75) is 34.3 Å². The Morgan fingerprint density at radius 1 is 1.14 bits per heavy atom. The Morgan fingerprint density at radius 3 is 2.29 bits per heavy atom. The smallest absolute Gasteiger partial charge is 0.355 e. The molecule has 1 heterocycles. The third-order valence-electron chi connectivity index (χ3n) is 2.83. The van der Waals surface area contributed by atoms with Gasteiger partial charge >= 0.3 is 5.97 Å². The van der Waals surface area contributed by atoms with Gasteiger partial charge < -0.3 is 9.72 Å². The van der Waals surface area contributed by atoms with Crippen molar-refractivity contribution < 1.29 is 14.3 Å². The highest BCUT2D eigenvalue weighted by atomic mass is 16.5. The molecular formula is C17H21NO3. The maximum Gasteiger partial charge on any atom is 0.355 e. The van der Waals surface area contributed by atoms with Gasteiger partial charge in [0.15, 0.2) is 5.78 Å². The first-order chi connectivity index (χ1) is 10.1. The fourth-order valence-corrected chi connectivity index (χ4v) is 1.83. The zero-order valence-corrected chi connectivity index (χ0v) is 12.9. The van der Waals surface area contributed by atoms with Gasteiger partial charge in [-0.05, 0) is 25.5 Å². The number of benzene rings is 1. The summed E-state index contributed by atoms with van der Waals surface area (Å²) >= 11 is 0. The molecule has 1 aromatic heterocycles. The highest BCUT2D eigenvalue weighted by Gasteiger charge is 2.15. The standard InChI is InChI=1S/C15H15NO3.C2H6/c1-10-13(11(2)17)8-14(16-10)15(18)19-9-12-6-4-3-5-7-12;1-2/h3-8,16H,9H2,1-2H3;1-2H3. The molecule has 0 saturated heterocycles. The van der Waals surface area contributed by atoms with E-state index in [1.54, 1.807) is 6.92 Å². The van der Waals surface area contributed by atoms with Crippen molar-refractivity contribution in [3.05, 3.63) is 58.9 Å². The quantitative estimate of drug-likeness (QED) is 0.685.